The zero-order valence-corrected chi connectivity index (χ0v) is 10.5. The van der Waals surface area contributed by atoms with Crippen LogP contribution >= 0.6 is 0 Å². The molecule has 0 amide bonds. The van der Waals surface area contributed by atoms with Crippen LogP contribution in [0.2, 0.25) is 0 Å². The monoisotopic (exact) mass is 289 g/mol. The Kier molecular flexibility index (Phi) is 3.46. The lowest BCUT2D eigenvalue weighted by Crippen LogP contribution is -2.46. The highest BCUT2D eigenvalue weighted by atomic mass is 19.4. The molecule has 6 heteroatoms. The Balaban J connectivity index is 2.66. The van der Waals surface area contributed by atoms with E-state index in [4.69, 9.17) is 5.73 Å². The van der Waals surface area contributed by atoms with Crippen molar-refractivity contribution in [2.45, 2.75) is 25.1 Å². The van der Waals surface area contributed by atoms with Gasteiger partial charge < -0.3 is 5.73 Å². The van der Waals surface area contributed by atoms with Crippen LogP contribution in [-0.4, -0.2) is 12.1 Å². The van der Waals surface area contributed by atoms with Crippen LogP contribution in [0.15, 0.2) is 36.4 Å². The molecule has 0 spiro atoms. The Hall–Kier alpha value is -1.69. The Morgan fingerprint density at radius 2 is 1.55 bits per heavy atom. The van der Waals surface area contributed by atoms with Gasteiger partial charge in [-0.05, 0) is 28.8 Å². The van der Waals surface area contributed by atoms with Gasteiger partial charge in [-0.25, -0.2) is 0 Å². The van der Waals surface area contributed by atoms with Crippen LogP contribution in [0.4, 0.5) is 22.0 Å². The predicted molar refractivity (Wildman–Crippen MR) is 66.6 cm³/mol. The number of benzene rings is 2. The maximum absolute atomic E-state index is 13.5. The van der Waals surface area contributed by atoms with Crippen LogP contribution < -0.4 is 5.73 Å². The summed E-state index contributed by atoms with van der Waals surface area (Å²) in [6.45, 7) is 1.47. The third-order valence-electron chi connectivity index (χ3n) is 3.27. The Labute approximate surface area is 112 Å². The fourth-order valence-electron chi connectivity index (χ4n) is 2.18. The average molecular weight is 289 g/mol. The largest absolute Gasteiger partial charge is 0.455 e. The molecule has 108 valence electrons. The first-order valence-corrected chi connectivity index (χ1v) is 5.84. The Morgan fingerprint density at radius 1 is 0.950 bits per heavy atom. The minimum absolute atomic E-state index is 0.176. The van der Waals surface area contributed by atoms with Crippen molar-refractivity contribution in [1.29, 1.82) is 0 Å². The third-order valence-corrected chi connectivity index (χ3v) is 3.27. The number of nitrogens with two attached hydrogens (primary N) is 1. The van der Waals surface area contributed by atoms with Gasteiger partial charge in [-0.15, -0.1) is 0 Å². The quantitative estimate of drug-likeness (QED) is 0.817. The first-order valence-electron chi connectivity index (χ1n) is 5.84. The van der Waals surface area contributed by atoms with Crippen LogP contribution in [0.1, 0.15) is 17.2 Å². The van der Waals surface area contributed by atoms with Crippen molar-refractivity contribution < 1.29 is 22.0 Å². The third kappa shape index (κ3) is 2.24. The standard InChI is InChI=1S/C14H12F5N/c1-8-6-7-9-4-2-3-5-10(9)11(8)12(20)13(15,16)14(17,18)19/h2-7,12H,20H2,1H3. The summed E-state index contributed by atoms with van der Waals surface area (Å²) in [6, 6.07) is 7.09. The smallest absolute Gasteiger partial charge is 0.319 e. The number of hydrogen-bond donors (Lipinski definition) is 1. The second-order valence-corrected chi connectivity index (χ2v) is 4.62. The van der Waals surface area contributed by atoms with Crippen molar-refractivity contribution in [3.63, 3.8) is 0 Å². The van der Waals surface area contributed by atoms with Gasteiger partial charge in [0.15, 0.2) is 0 Å². The molecule has 0 aliphatic rings. The van der Waals surface area contributed by atoms with E-state index in [1.54, 1.807) is 24.3 Å². The molecule has 20 heavy (non-hydrogen) atoms. The van der Waals surface area contributed by atoms with Crippen LogP contribution in [-0.2, 0) is 0 Å². The Bertz CT molecular complexity index is 633. The van der Waals surface area contributed by atoms with Gasteiger partial charge in [0, 0.05) is 0 Å². The number of halogens is 5. The molecule has 2 aromatic carbocycles. The second-order valence-electron chi connectivity index (χ2n) is 4.62. The molecule has 2 N–H and O–H groups in total. The van der Waals surface area contributed by atoms with Gasteiger partial charge >= 0.3 is 12.1 Å². The summed E-state index contributed by atoms with van der Waals surface area (Å²) in [5.74, 6) is -4.98. The van der Waals surface area contributed by atoms with E-state index in [-0.39, 0.29) is 5.56 Å². The molecule has 0 aliphatic heterocycles. The van der Waals surface area contributed by atoms with Crippen molar-refractivity contribution in [2.75, 3.05) is 0 Å². The minimum Gasteiger partial charge on any atom is -0.319 e. The molecule has 0 aliphatic carbocycles. The van der Waals surface area contributed by atoms with Gasteiger partial charge in [0.2, 0.25) is 0 Å². The molecular weight excluding hydrogens is 277 g/mol. The SMILES string of the molecule is Cc1ccc2ccccc2c1C(N)C(F)(F)C(F)(F)F. The van der Waals surface area contributed by atoms with Crippen molar-refractivity contribution in [1.82, 2.24) is 0 Å². The molecule has 0 heterocycles. The molecule has 2 rings (SSSR count). The summed E-state index contributed by atoms with van der Waals surface area (Å²) in [5, 5.41) is 0.880. The van der Waals surface area contributed by atoms with E-state index in [2.05, 4.69) is 0 Å². The van der Waals surface area contributed by atoms with E-state index in [9.17, 15) is 22.0 Å². The van der Waals surface area contributed by atoms with Crippen molar-refractivity contribution in [2.24, 2.45) is 5.73 Å². The highest BCUT2D eigenvalue weighted by molar-refractivity contribution is 5.87. The molecule has 2 aromatic rings. The highest BCUT2D eigenvalue weighted by Gasteiger charge is 2.62. The van der Waals surface area contributed by atoms with Gasteiger partial charge in [0.1, 0.15) is 6.04 Å². The predicted octanol–water partition coefficient (Wildman–Crippen LogP) is 4.35. The molecule has 0 saturated carbocycles. The number of fused-ring (bicyclic) bond motifs is 1. The molecular formula is C14H12F5N. The Morgan fingerprint density at radius 3 is 2.15 bits per heavy atom. The molecule has 1 atom stereocenters. The second kappa shape index (κ2) is 4.70. The number of rotatable bonds is 2. The van der Waals surface area contributed by atoms with Gasteiger partial charge in [-0.1, -0.05) is 36.4 Å². The summed E-state index contributed by atoms with van der Waals surface area (Å²) in [6.07, 6.45) is -5.68. The first-order chi connectivity index (χ1) is 9.16. The zero-order chi connectivity index (χ0) is 15.1. The normalized spacial score (nSPS) is 14.6. The molecule has 1 nitrogen and oxygen atoms in total. The lowest BCUT2D eigenvalue weighted by molar-refractivity contribution is -0.290. The van der Waals surface area contributed by atoms with Crippen molar-refractivity contribution in [3.05, 3.63) is 47.5 Å². The zero-order valence-electron chi connectivity index (χ0n) is 10.5. The van der Waals surface area contributed by atoms with E-state index < -0.39 is 18.1 Å². The summed E-state index contributed by atoms with van der Waals surface area (Å²) in [5.41, 5.74) is 5.39. The maximum atomic E-state index is 13.5. The van der Waals surface area contributed by atoms with Crippen LogP contribution in [0.25, 0.3) is 10.8 Å². The number of aryl methyl sites for hydroxylation is 1. The molecule has 0 fully saturated rings. The van der Waals surface area contributed by atoms with Crippen LogP contribution in [0, 0.1) is 6.92 Å². The van der Waals surface area contributed by atoms with Crippen molar-refractivity contribution in [3.8, 4) is 0 Å². The summed E-state index contributed by atoms with van der Waals surface area (Å²) >= 11 is 0. The van der Waals surface area contributed by atoms with E-state index in [1.165, 1.54) is 19.1 Å². The highest BCUT2D eigenvalue weighted by Crippen LogP contribution is 2.45. The number of alkyl halides is 5. The van der Waals surface area contributed by atoms with Gasteiger partial charge in [0.25, 0.3) is 0 Å². The maximum Gasteiger partial charge on any atom is 0.455 e. The number of hydrogen-bond acceptors (Lipinski definition) is 1. The fraction of sp³-hybridized carbons (Fsp3) is 0.286. The van der Waals surface area contributed by atoms with E-state index in [0.29, 0.717) is 16.3 Å². The first kappa shape index (κ1) is 14.7. The van der Waals surface area contributed by atoms with Gasteiger partial charge in [0.05, 0.1) is 0 Å². The molecule has 0 radical (unpaired) electrons. The minimum atomic E-state index is -5.68. The van der Waals surface area contributed by atoms with E-state index in [0.717, 1.165) is 0 Å². The van der Waals surface area contributed by atoms with Crippen molar-refractivity contribution >= 4 is 10.8 Å². The summed E-state index contributed by atoms with van der Waals surface area (Å²) < 4.78 is 64.3. The topological polar surface area (TPSA) is 26.0 Å². The van der Waals surface area contributed by atoms with E-state index in [1.807, 2.05) is 0 Å². The summed E-state index contributed by atoms with van der Waals surface area (Å²) in [4.78, 5) is 0. The fourth-order valence-corrected chi connectivity index (χ4v) is 2.18. The molecule has 0 aromatic heterocycles. The van der Waals surface area contributed by atoms with Crippen LogP contribution in [0.5, 0.6) is 0 Å². The lowest BCUT2D eigenvalue weighted by atomic mass is 9.91. The lowest BCUT2D eigenvalue weighted by Gasteiger charge is -2.28. The van der Waals surface area contributed by atoms with Gasteiger partial charge in [-0.2, -0.15) is 22.0 Å². The van der Waals surface area contributed by atoms with E-state index >= 15 is 0 Å². The molecule has 0 saturated heterocycles. The van der Waals surface area contributed by atoms with Crippen LogP contribution in [0.3, 0.4) is 0 Å². The summed E-state index contributed by atoms with van der Waals surface area (Å²) in [7, 11) is 0. The molecule has 1 unspecified atom stereocenters. The molecule has 0 bridgehead atoms. The van der Waals surface area contributed by atoms with Gasteiger partial charge in [-0.3, -0.25) is 0 Å². The average Bonchev–Trinajstić information content (AvgIpc) is 2.36.